The molecule has 1 aromatic rings. The SMILES string of the molecule is Cc1ccc(C(=O)N2CCCC3(CCCNC3)C2)cc1Br. The van der Waals surface area contributed by atoms with Crippen molar-refractivity contribution in [2.24, 2.45) is 5.41 Å². The molecule has 2 heterocycles. The van der Waals surface area contributed by atoms with Gasteiger partial charge in [-0.05, 0) is 56.8 Å². The lowest BCUT2D eigenvalue weighted by Gasteiger charge is -2.45. The van der Waals surface area contributed by atoms with Crippen molar-refractivity contribution in [3.05, 3.63) is 33.8 Å². The molecule has 3 rings (SSSR count). The van der Waals surface area contributed by atoms with E-state index in [1.807, 2.05) is 25.1 Å². The maximum absolute atomic E-state index is 12.8. The Labute approximate surface area is 135 Å². The average Bonchev–Trinajstić information content (AvgIpc) is 2.50. The molecule has 2 aliphatic rings. The molecule has 2 aliphatic heterocycles. The first kappa shape index (κ1) is 15.0. The molecule has 0 bridgehead atoms. The molecule has 1 N–H and O–H groups in total. The largest absolute Gasteiger partial charge is 0.338 e. The summed E-state index contributed by atoms with van der Waals surface area (Å²) in [4.78, 5) is 14.8. The van der Waals surface area contributed by atoms with E-state index in [0.29, 0.717) is 5.41 Å². The van der Waals surface area contributed by atoms with Crippen LogP contribution in [0, 0.1) is 12.3 Å². The molecule has 1 amide bonds. The van der Waals surface area contributed by atoms with Gasteiger partial charge >= 0.3 is 0 Å². The van der Waals surface area contributed by atoms with Gasteiger partial charge in [0.1, 0.15) is 0 Å². The molecule has 21 heavy (non-hydrogen) atoms. The van der Waals surface area contributed by atoms with Gasteiger partial charge in [-0.3, -0.25) is 4.79 Å². The van der Waals surface area contributed by atoms with Crippen LogP contribution in [0.2, 0.25) is 0 Å². The maximum atomic E-state index is 12.8. The van der Waals surface area contributed by atoms with E-state index < -0.39 is 0 Å². The van der Waals surface area contributed by atoms with Gasteiger partial charge in [-0.2, -0.15) is 0 Å². The topological polar surface area (TPSA) is 32.3 Å². The Hall–Kier alpha value is -0.870. The van der Waals surface area contributed by atoms with E-state index >= 15 is 0 Å². The molecule has 3 nitrogen and oxygen atoms in total. The summed E-state index contributed by atoms with van der Waals surface area (Å²) in [5.74, 6) is 0.181. The Kier molecular flexibility index (Phi) is 4.36. The van der Waals surface area contributed by atoms with E-state index in [9.17, 15) is 4.79 Å². The van der Waals surface area contributed by atoms with E-state index in [2.05, 4.69) is 26.1 Å². The molecule has 1 aromatic carbocycles. The highest BCUT2D eigenvalue weighted by Gasteiger charge is 2.38. The van der Waals surface area contributed by atoms with Gasteiger partial charge in [-0.15, -0.1) is 0 Å². The second-order valence-electron chi connectivity index (χ2n) is 6.57. The highest BCUT2D eigenvalue weighted by Crippen LogP contribution is 2.36. The van der Waals surface area contributed by atoms with Crippen molar-refractivity contribution in [1.29, 1.82) is 0 Å². The van der Waals surface area contributed by atoms with Gasteiger partial charge in [0.15, 0.2) is 0 Å². The minimum atomic E-state index is 0.181. The van der Waals surface area contributed by atoms with Crippen LogP contribution in [0.15, 0.2) is 22.7 Å². The highest BCUT2D eigenvalue weighted by atomic mass is 79.9. The third-order valence-corrected chi connectivity index (χ3v) is 5.78. The number of nitrogens with zero attached hydrogens (tertiary/aromatic N) is 1. The highest BCUT2D eigenvalue weighted by molar-refractivity contribution is 9.10. The summed E-state index contributed by atoms with van der Waals surface area (Å²) in [6.07, 6.45) is 4.86. The molecule has 0 radical (unpaired) electrons. The Morgan fingerprint density at radius 3 is 2.86 bits per heavy atom. The number of rotatable bonds is 1. The molecule has 2 fully saturated rings. The summed E-state index contributed by atoms with van der Waals surface area (Å²) in [6, 6.07) is 5.92. The maximum Gasteiger partial charge on any atom is 0.253 e. The van der Waals surface area contributed by atoms with Crippen LogP contribution >= 0.6 is 15.9 Å². The number of hydrogen-bond acceptors (Lipinski definition) is 2. The first-order chi connectivity index (χ1) is 10.1. The van der Waals surface area contributed by atoms with Crippen LogP contribution < -0.4 is 5.32 Å². The quantitative estimate of drug-likeness (QED) is 0.842. The van der Waals surface area contributed by atoms with Crippen molar-refractivity contribution < 1.29 is 4.79 Å². The Balaban J connectivity index is 1.76. The lowest BCUT2D eigenvalue weighted by Crippen LogP contribution is -2.52. The smallest absolute Gasteiger partial charge is 0.253 e. The molecule has 1 spiro atoms. The van der Waals surface area contributed by atoms with Crippen LogP contribution in [0.3, 0.4) is 0 Å². The van der Waals surface area contributed by atoms with Crippen molar-refractivity contribution in [1.82, 2.24) is 10.2 Å². The lowest BCUT2D eigenvalue weighted by molar-refractivity contribution is 0.0434. The minimum Gasteiger partial charge on any atom is -0.338 e. The number of benzene rings is 1. The molecule has 0 saturated carbocycles. The standard InChI is InChI=1S/C17H23BrN2O/c1-13-4-5-14(10-15(13)18)16(21)20-9-3-7-17(12-20)6-2-8-19-11-17/h4-5,10,19H,2-3,6-9,11-12H2,1H3. The molecule has 114 valence electrons. The predicted molar refractivity (Wildman–Crippen MR) is 88.6 cm³/mol. The van der Waals surface area contributed by atoms with E-state index in [4.69, 9.17) is 0 Å². The first-order valence-corrected chi connectivity index (χ1v) is 8.65. The van der Waals surface area contributed by atoms with Crippen LogP contribution in [0.1, 0.15) is 41.6 Å². The normalized spacial score (nSPS) is 26.1. The van der Waals surface area contributed by atoms with E-state index in [-0.39, 0.29) is 5.91 Å². The third kappa shape index (κ3) is 3.16. The number of aryl methyl sites for hydroxylation is 1. The zero-order valence-corrected chi connectivity index (χ0v) is 14.2. The number of halogens is 1. The third-order valence-electron chi connectivity index (χ3n) is 4.93. The minimum absolute atomic E-state index is 0.181. The number of carbonyl (C=O) groups excluding carboxylic acids is 1. The van der Waals surface area contributed by atoms with Gasteiger partial charge in [0.05, 0.1) is 0 Å². The Morgan fingerprint density at radius 2 is 2.14 bits per heavy atom. The number of likely N-dealkylation sites (tertiary alicyclic amines) is 1. The number of nitrogens with one attached hydrogen (secondary N) is 1. The monoisotopic (exact) mass is 350 g/mol. The zero-order valence-electron chi connectivity index (χ0n) is 12.6. The van der Waals surface area contributed by atoms with Gasteiger partial charge in [0, 0.05) is 35.1 Å². The Bertz CT molecular complexity index is 532. The van der Waals surface area contributed by atoms with Crippen molar-refractivity contribution in [3.8, 4) is 0 Å². The van der Waals surface area contributed by atoms with Gasteiger partial charge < -0.3 is 10.2 Å². The molecule has 1 unspecified atom stereocenters. The number of amides is 1. The number of hydrogen-bond donors (Lipinski definition) is 1. The van der Waals surface area contributed by atoms with Crippen molar-refractivity contribution in [2.75, 3.05) is 26.2 Å². The fraction of sp³-hybridized carbons (Fsp3) is 0.588. The molecule has 4 heteroatoms. The second-order valence-corrected chi connectivity index (χ2v) is 7.43. The van der Waals surface area contributed by atoms with Crippen LogP contribution in [0.25, 0.3) is 0 Å². The number of carbonyl (C=O) groups is 1. The van der Waals surface area contributed by atoms with E-state index in [1.165, 1.54) is 19.3 Å². The molecule has 0 aliphatic carbocycles. The van der Waals surface area contributed by atoms with Gasteiger partial charge in [0.25, 0.3) is 5.91 Å². The predicted octanol–water partition coefficient (Wildman–Crippen LogP) is 3.36. The molecule has 0 aromatic heterocycles. The molecule has 1 atom stereocenters. The van der Waals surface area contributed by atoms with Crippen LogP contribution in [0.5, 0.6) is 0 Å². The van der Waals surface area contributed by atoms with Crippen molar-refractivity contribution in [3.63, 3.8) is 0 Å². The van der Waals surface area contributed by atoms with Crippen LogP contribution in [0.4, 0.5) is 0 Å². The molecular weight excluding hydrogens is 328 g/mol. The van der Waals surface area contributed by atoms with Crippen molar-refractivity contribution >= 4 is 21.8 Å². The van der Waals surface area contributed by atoms with Gasteiger partial charge in [0.2, 0.25) is 0 Å². The Morgan fingerprint density at radius 1 is 1.33 bits per heavy atom. The number of piperidine rings is 2. The average molecular weight is 351 g/mol. The van der Waals surface area contributed by atoms with Gasteiger partial charge in [-0.1, -0.05) is 22.0 Å². The lowest BCUT2D eigenvalue weighted by atomic mass is 9.74. The van der Waals surface area contributed by atoms with Crippen molar-refractivity contribution in [2.45, 2.75) is 32.6 Å². The fourth-order valence-corrected chi connectivity index (χ4v) is 4.05. The van der Waals surface area contributed by atoms with Crippen LogP contribution in [-0.4, -0.2) is 37.0 Å². The summed E-state index contributed by atoms with van der Waals surface area (Å²) in [5.41, 5.74) is 2.28. The van der Waals surface area contributed by atoms with E-state index in [1.54, 1.807) is 0 Å². The zero-order chi connectivity index (χ0) is 14.9. The van der Waals surface area contributed by atoms with E-state index in [0.717, 1.165) is 48.2 Å². The summed E-state index contributed by atoms with van der Waals surface area (Å²) >= 11 is 3.53. The van der Waals surface area contributed by atoms with Crippen LogP contribution in [-0.2, 0) is 0 Å². The summed E-state index contributed by atoms with van der Waals surface area (Å²) < 4.78 is 1.01. The summed E-state index contributed by atoms with van der Waals surface area (Å²) in [5, 5.41) is 3.52. The fourth-order valence-electron chi connectivity index (χ4n) is 3.67. The second kappa shape index (κ2) is 6.09. The first-order valence-electron chi connectivity index (χ1n) is 7.86. The summed E-state index contributed by atoms with van der Waals surface area (Å²) in [6.45, 7) is 6.04. The molecule has 2 saturated heterocycles. The molecular formula is C17H23BrN2O. The summed E-state index contributed by atoms with van der Waals surface area (Å²) in [7, 11) is 0. The van der Waals surface area contributed by atoms with Gasteiger partial charge in [-0.25, -0.2) is 0 Å².